The number of benzene rings is 2. The van der Waals surface area contributed by atoms with E-state index in [1.54, 1.807) is 7.11 Å². The normalized spacial score (nSPS) is 12.1. The van der Waals surface area contributed by atoms with Crippen LogP contribution in [0.1, 0.15) is 33.3 Å². The highest BCUT2D eigenvalue weighted by atomic mass is 16.5. The standard InChI is InChI=1S/C24H35N5O3/c1-6-25-23(26-15-18(4)32-22-9-7-8-21(14-22)31-5)27-16-19-10-12-20(13-11-19)29-24(30)28-17(2)3/h7-14,17-18H,6,15-16H2,1-5H3,(H2,25,26,27)(H2,28,29,30). The second-order valence-electron chi connectivity index (χ2n) is 7.63. The van der Waals surface area contributed by atoms with Crippen LogP contribution in [-0.4, -0.2) is 44.3 Å². The average Bonchev–Trinajstić information content (AvgIpc) is 2.76. The number of carbonyl (C=O) groups is 1. The van der Waals surface area contributed by atoms with Crippen LogP contribution in [0.4, 0.5) is 10.5 Å². The Morgan fingerprint density at radius 1 is 1.03 bits per heavy atom. The molecule has 0 heterocycles. The van der Waals surface area contributed by atoms with Gasteiger partial charge in [0.2, 0.25) is 0 Å². The zero-order valence-electron chi connectivity index (χ0n) is 19.6. The topological polar surface area (TPSA) is 96.0 Å². The minimum Gasteiger partial charge on any atom is -0.497 e. The molecule has 0 spiro atoms. The van der Waals surface area contributed by atoms with Crippen molar-refractivity contribution >= 4 is 17.7 Å². The number of nitrogens with zero attached hydrogens (tertiary/aromatic N) is 1. The van der Waals surface area contributed by atoms with Crippen molar-refractivity contribution in [2.45, 2.75) is 46.4 Å². The van der Waals surface area contributed by atoms with Gasteiger partial charge >= 0.3 is 6.03 Å². The minimum absolute atomic E-state index is 0.0618. The molecule has 174 valence electrons. The van der Waals surface area contributed by atoms with Gasteiger partial charge in [-0.2, -0.15) is 0 Å². The predicted molar refractivity (Wildman–Crippen MR) is 130 cm³/mol. The number of hydrogen-bond acceptors (Lipinski definition) is 4. The second kappa shape index (κ2) is 13.1. The minimum atomic E-state index is -0.213. The number of methoxy groups -OCH3 is 1. The van der Waals surface area contributed by atoms with Crippen LogP contribution in [0.2, 0.25) is 0 Å². The fraction of sp³-hybridized carbons (Fsp3) is 0.417. The Morgan fingerprint density at radius 3 is 2.41 bits per heavy atom. The van der Waals surface area contributed by atoms with E-state index >= 15 is 0 Å². The molecule has 0 radical (unpaired) electrons. The quantitative estimate of drug-likeness (QED) is 0.333. The van der Waals surface area contributed by atoms with E-state index in [4.69, 9.17) is 9.47 Å². The first-order chi connectivity index (χ1) is 15.4. The molecule has 0 aliphatic heterocycles. The van der Waals surface area contributed by atoms with E-state index in [1.165, 1.54) is 0 Å². The summed E-state index contributed by atoms with van der Waals surface area (Å²) in [5.41, 5.74) is 1.78. The molecule has 0 bridgehead atoms. The van der Waals surface area contributed by atoms with Crippen LogP contribution in [-0.2, 0) is 6.54 Å². The molecule has 8 heteroatoms. The molecule has 0 aliphatic carbocycles. The smallest absolute Gasteiger partial charge is 0.319 e. The summed E-state index contributed by atoms with van der Waals surface area (Å²) in [5, 5.41) is 12.2. The van der Waals surface area contributed by atoms with Crippen LogP contribution in [0, 0.1) is 0 Å². The van der Waals surface area contributed by atoms with Gasteiger partial charge < -0.3 is 30.7 Å². The lowest BCUT2D eigenvalue weighted by molar-refractivity contribution is 0.223. The van der Waals surface area contributed by atoms with Gasteiger partial charge in [0.15, 0.2) is 5.96 Å². The largest absolute Gasteiger partial charge is 0.497 e. The van der Waals surface area contributed by atoms with Gasteiger partial charge in [-0.15, -0.1) is 0 Å². The second-order valence-corrected chi connectivity index (χ2v) is 7.63. The van der Waals surface area contributed by atoms with E-state index in [0.29, 0.717) is 19.0 Å². The van der Waals surface area contributed by atoms with Crippen LogP contribution in [0.3, 0.4) is 0 Å². The highest BCUT2D eigenvalue weighted by Crippen LogP contribution is 2.19. The molecule has 1 unspecified atom stereocenters. The lowest BCUT2D eigenvalue weighted by Crippen LogP contribution is -2.41. The number of carbonyl (C=O) groups excluding carboxylic acids is 1. The first-order valence-electron chi connectivity index (χ1n) is 10.9. The Hall–Kier alpha value is -3.42. The third-order valence-electron chi connectivity index (χ3n) is 4.33. The van der Waals surface area contributed by atoms with Crippen molar-refractivity contribution in [1.82, 2.24) is 16.0 Å². The fourth-order valence-corrected chi connectivity index (χ4v) is 2.82. The predicted octanol–water partition coefficient (Wildman–Crippen LogP) is 3.75. The lowest BCUT2D eigenvalue weighted by atomic mass is 10.2. The van der Waals surface area contributed by atoms with Crippen LogP contribution in [0.25, 0.3) is 0 Å². The van der Waals surface area contributed by atoms with E-state index in [0.717, 1.165) is 29.3 Å². The molecular formula is C24H35N5O3. The number of hydrogen-bond donors (Lipinski definition) is 4. The van der Waals surface area contributed by atoms with E-state index in [1.807, 2.05) is 76.2 Å². The summed E-state index contributed by atoms with van der Waals surface area (Å²) in [7, 11) is 1.64. The third kappa shape index (κ3) is 9.16. The summed E-state index contributed by atoms with van der Waals surface area (Å²) >= 11 is 0. The molecule has 8 nitrogen and oxygen atoms in total. The highest BCUT2D eigenvalue weighted by Gasteiger charge is 2.07. The molecule has 0 fully saturated rings. The van der Waals surface area contributed by atoms with Crippen molar-refractivity contribution in [2.75, 3.05) is 25.5 Å². The average molecular weight is 442 g/mol. The fourth-order valence-electron chi connectivity index (χ4n) is 2.82. The first-order valence-corrected chi connectivity index (χ1v) is 10.9. The summed E-state index contributed by atoms with van der Waals surface area (Å²) in [6.07, 6.45) is -0.0618. The first kappa shape index (κ1) is 24.8. The Bertz CT molecular complexity index is 868. The van der Waals surface area contributed by atoms with Crippen molar-refractivity contribution < 1.29 is 14.3 Å². The van der Waals surface area contributed by atoms with Gasteiger partial charge in [0.1, 0.15) is 17.6 Å². The van der Waals surface area contributed by atoms with Crippen molar-refractivity contribution in [1.29, 1.82) is 0 Å². The molecule has 0 saturated carbocycles. The maximum atomic E-state index is 11.8. The number of aliphatic imine (C=N–C) groups is 1. The summed E-state index contributed by atoms with van der Waals surface area (Å²) < 4.78 is 11.2. The number of rotatable bonds is 10. The molecule has 0 aliphatic rings. The summed E-state index contributed by atoms with van der Waals surface area (Å²) in [5.74, 6) is 2.24. The van der Waals surface area contributed by atoms with Gasteiger partial charge in [-0.1, -0.05) is 18.2 Å². The number of ether oxygens (including phenoxy) is 2. The summed E-state index contributed by atoms with van der Waals surface area (Å²) in [6, 6.07) is 15.1. The van der Waals surface area contributed by atoms with E-state index in [-0.39, 0.29) is 18.2 Å². The van der Waals surface area contributed by atoms with Crippen LogP contribution >= 0.6 is 0 Å². The molecule has 4 N–H and O–H groups in total. The van der Waals surface area contributed by atoms with Gasteiger partial charge in [-0.25, -0.2) is 9.79 Å². The van der Waals surface area contributed by atoms with E-state index in [2.05, 4.69) is 26.3 Å². The van der Waals surface area contributed by atoms with Gasteiger partial charge in [0, 0.05) is 24.3 Å². The number of anilines is 1. The zero-order chi connectivity index (χ0) is 23.3. The Labute approximate surface area is 190 Å². The van der Waals surface area contributed by atoms with Crippen molar-refractivity contribution in [3.8, 4) is 11.5 Å². The monoisotopic (exact) mass is 441 g/mol. The molecular weight excluding hydrogens is 406 g/mol. The molecule has 2 amide bonds. The van der Waals surface area contributed by atoms with Gasteiger partial charge in [-0.05, 0) is 57.5 Å². The molecule has 0 aromatic heterocycles. The molecule has 32 heavy (non-hydrogen) atoms. The highest BCUT2D eigenvalue weighted by molar-refractivity contribution is 5.89. The number of nitrogens with one attached hydrogen (secondary N) is 4. The lowest BCUT2D eigenvalue weighted by Gasteiger charge is -2.18. The van der Waals surface area contributed by atoms with E-state index in [9.17, 15) is 4.79 Å². The molecule has 0 saturated heterocycles. The zero-order valence-corrected chi connectivity index (χ0v) is 19.6. The molecule has 2 rings (SSSR count). The van der Waals surface area contributed by atoms with Gasteiger partial charge in [-0.3, -0.25) is 0 Å². The molecule has 1 atom stereocenters. The van der Waals surface area contributed by atoms with E-state index < -0.39 is 0 Å². The van der Waals surface area contributed by atoms with Crippen LogP contribution < -0.4 is 30.7 Å². The third-order valence-corrected chi connectivity index (χ3v) is 4.33. The van der Waals surface area contributed by atoms with Gasteiger partial charge in [0.05, 0.1) is 20.2 Å². The van der Waals surface area contributed by atoms with Crippen LogP contribution in [0.15, 0.2) is 53.5 Å². The maximum Gasteiger partial charge on any atom is 0.319 e. The number of urea groups is 1. The van der Waals surface area contributed by atoms with Crippen molar-refractivity contribution in [3.63, 3.8) is 0 Å². The maximum absolute atomic E-state index is 11.8. The summed E-state index contributed by atoms with van der Waals surface area (Å²) in [6.45, 7) is 9.72. The number of amides is 2. The summed E-state index contributed by atoms with van der Waals surface area (Å²) in [4.78, 5) is 16.4. The van der Waals surface area contributed by atoms with Crippen molar-refractivity contribution in [3.05, 3.63) is 54.1 Å². The Kier molecular flexibility index (Phi) is 10.2. The Balaban J connectivity index is 1.86. The molecule has 2 aromatic rings. The molecule has 2 aromatic carbocycles. The number of guanidine groups is 1. The Morgan fingerprint density at radius 2 is 1.75 bits per heavy atom. The van der Waals surface area contributed by atoms with Gasteiger partial charge in [0.25, 0.3) is 0 Å². The van der Waals surface area contributed by atoms with Crippen molar-refractivity contribution in [2.24, 2.45) is 4.99 Å². The van der Waals surface area contributed by atoms with Crippen LogP contribution in [0.5, 0.6) is 11.5 Å². The SMILES string of the molecule is CCNC(=NCc1ccc(NC(=O)NC(C)C)cc1)NCC(C)Oc1cccc(OC)c1.